The Morgan fingerprint density at radius 2 is 1.59 bits per heavy atom. The zero-order chi connectivity index (χ0) is 14.7. The van der Waals surface area contributed by atoms with Gasteiger partial charge in [0.15, 0.2) is 0 Å². The largest absolute Gasteiger partial charge is 0.141 e. The molecule has 0 saturated carbocycles. The molecule has 0 aliphatic heterocycles. The van der Waals surface area contributed by atoms with E-state index in [1.807, 2.05) is 11.3 Å². The molecule has 0 atom stereocenters. The second-order valence-corrected chi connectivity index (χ2v) is 7.51. The molecule has 4 aromatic rings. The number of thiophene rings is 1. The minimum absolute atomic E-state index is 1.16. The van der Waals surface area contributed by atoms with Gasteiger partial charge < -0.3 is 0 Å². The third-order valence-corrected chi connectivity index (χ3v) is 5.86. The first-order valence-corrected chi connectivity index (χ1v) is 8.65. The number of hydrogen-bond donors (Lipinski definition) is 0. The first kappa shape index (κ1) is 12.4. The lowest BCUT2D eigenvalue weighted by Crippen LogP contribution is -2.01. The molecule has 5 rings (SSSR count). The maximum absolute atomic E-state index is 2.42. The fraction of sp³-hybridized carbons (Fsp3) is 0.143. The topological polar surface area (TPSA) is 0 Å². The summed E-state index contributed by atoms with van der Waals surface area (Å²) in [5.74, 6) is 0. The molecule has 0 saturated heterocycles. The molecule has 0 bridgehead atoms. The molecule has 0 nitrogen and oxygen atoms in total. The third-order valence-electron chi connectivity index (χ3n) is 4.81. The normalized spacial score (nSPS) is 13.3. The Labute approximate surface area is 134 Å². The SMILES string of the molecule is Cc1ccc(-c2cc3c4c(ccc5cccc(c54)CC3)c2)s1. The van der Waals surface area contributed by atoms with E-state index < -0.39 is 0 Å². The number of aryl methyl sites for hydroxylation is 3. The molecule has 106 valence electrons. The number of hydrogen-bond acceptors (Lipinski definition) is 1. The van der Waals surface area contributed by atoms with Crippen LogP contribution in [0.2, 0.25) is 0 Å². The van der Waals surface area contributed by atoms with Gasteiger partial charge in [0, 0.05) is 9.75 Å². The van der Waals surface area contributed by atoms with Gasteiger partial charge in [0.1, 0.15) is 0 Å². The van der Waals surface area contributed by atoms with E-state index in [4.69, 9.17) is 0 Å². The Kier molecular flexibility index (Phi) is 2.51. The molecule has 22 heavy (non-hydrogen) atoms. The summed E-state index contributed by atoms with van der Waals surface area (Å²) in [7, 11) is 0. The zero-order valence-corrected chi connectivity index (χ0v) is 13.3. The van der Waals surface area contributed by atoms with Crippen LogP contribution in [0.1, 0.15) is 16.0 Å². The van der Waals surface area contributed by atoms with Crippen molar-refractivity contribution in [2.45, 2.75) is 19.8 Å². The second kappa shape index (κ2) is 4.44. The van der Waals surface area contributed by atoms with Crippen LogP contribution in [0, 0.1) is 6.92 Å². The maximum atomic E-state index is 2.42. The molecule has 1 aliphatic rings. The molecule has 1 heterocycles. The van der Waals surface area contributed by atoms with Gasteiger partial charge in [-0.1, -0.05) is 30.3 Å². The summed E-state index contributed by atoms with van der Waals surface area (Å²) in [6.07, 6.45) is 2.32. The van der Waals surface area contributed by atoms with Crippen LogP contribution in [0.5, 0.6) is 0 Å². The van der Waals surface area contributed by atoms with E-state index in [1.54, 1.807) is 0 Å². The van der Waals surface area contributed by atoms with Crippen LogP contribution in [-0.4, -0.2) is 0 Å². The number of benzene rings is 3. The van der Waals surface area contributed by atoms with Crippen molar-refractivity contribution in [3.8, 4) is 10.4 Å². The van der Waals surface area contributed by atoms with Gasteiger partial charge in [0.25, 0.3) is 0 Å². The van der Waals surface area contributed by atoms with Crippen molar-refractivity contribution in [3.63, 3.8) is 0 Å². The monoisotopic (exact) mass is 300 g/mol. The van der Waals surface area contributed by atoms with Crippen molar-refractivity contribution in [1.82, 2.24) is 0 Å². The van der Waals surface area contributed by atoms with Crippen LogP contribution in [-0.2, 0) is 12.8 Å². The standard InChI is InChI=1S/C21H16S/c1-13-5-10-19(22-13)18-11-16-8-6-14-3-2-4-15-7-9-17(12-18)21(16)20(14)15/h2-6,8,10-12H,7,9H2,1H3. The highest BCUT2D eigenvalue weighted by molar-refractivity contribution is 7.15. The lowest BCUT2D eigenvalue weighted by Gasteiger charge is -2.19. The fourth-order valence-electron chi connectivity index (χ4n) is 3.81. The van der Waals surface area contributed by atoms with Crippen molar-refractivity contribution in [1.29, 1.82) is 0 Å². The van der Waals surface area contributed by atoms with Gasteiger partial charge in [-0.05, 0) is 82.3 Å². The Hall–Kier alpha value is -2.12. The molecule has 1 heteroatoms. The molecule has 0 unspecified atom stereocenters. The van der Waals surface area contributed by atoms with E-state index in [9.17, 15) is 0 Å². The Balaban J connectivity index is 1.89. The van der Waals surface area contributed by atoms with Crippen LogP contribution in [0.25, 0.3) is 32.0 Å². The van der Waals surface area contributed by atoms with E-state index in [-0.39, 0.29) is 0 Å². The quantitative estimate of drug-likeness (QED) is 0.371. The summed E-state index contributed by atoms with van der Waals surface area (Å²) >= 11 is 1.89. The van der Waals surface area contributed by atoms with Crippen LogP contribution in [0.15, 0.2) is 54.6 Å². The van der Waals surface area contributed by atoms with Crippen molar-refractivity contribution >= 4 is 32.9 Å². The van der Waals surface area contributed by atoms with Gasteiger partial charge >= 0.3 is 0 Å². The molecular weight excluding hydrogens is 284 g/mol. The lowest BCUT2D eigenvalue weighted by atomic mass is 9.85. The summed E-state index contributed by atoms with van der Waals surface area (Å²) in [4.78, 5) is 2.76. The maximum Gasteiger partial charge on any atom is 0.0345 e. The van der Waals surface area contributed by atoms with Crippen molar-refractivity contribution in [2.24, 2.45) is 0 Å². The smallest absolute Gasteiger partial charge is 0.0345 e. The minimum Gasteiger partial charge on any atom is -0.141 e. The molecular formula is C21H16S. The van der Waals surface area contributed by atoms with E-state index >= 15 is 0 Å². The molecule has 0 radical (unpaired) electrons. The Morgan fingerprint density at radius 3 is 2.45 bits per heavy atom. The van der Waals surface area contributed by atoms with Gasteiger partial charge in [-0.3, -0.25) is 0 Å². The van der Waals surface area contributed by atoms with E-state index in [2.05, 4.69) is 61.5 Å². The Bertz CT molecular complexity index is 1040. The first-order valence-electron chi connectivity index (χ1n) is 7.84. The van der Waals surface area contributed by atoms with E-state index in [0.29, 0.717) is 0 Å². The summed E-state index contributed by atoms with van der Waals surface area (Å²) in [6.45, 7) is 2.18. The first-order chi connectivity index (χ1) is 10.8. The van der Waals surface area contributed by atoms with Crippen molar-refractivity contribution in [2.75, 3.05) is 0 Å². The average Bonchev–Trinajstić information content (AvgIpc) is 2.99. The van der Waals surface area contributed by atoms with E-state index in [1.165, 1.54) is 48.0 Å². The molecule has 0 spiro atoms. The summed E-state index contributed by atoms with van der Waals surface area (Å²) in [5.41, 5.74) is 4.40. The molecule has 0 fully saturated rings. The zero-order valence-electron chi connectivity index (χ0n) is 12.5. The van der Waals surface area contributed by atoms with Gasteiger partial charge in [0.05, 0.1) is 0 Å². The third kappa shape index (κ3) is 1.69. The predicted octanol–water partition coefficient (Wildman–Crippen LogP) is 6.13. The van der Waals surface area contributed by atoms with Gasteiger partial charge in [-0.15, -0.1) is 11.3 Å². The molecule has 0 N–H and O–H groups in total. The predicted molar refractivity (Wildman–Crippen MR) is 96.9 cm³/mol. The molecule has 0 amide bonds. The van der Waals surface area contributed by atoms with Crippen molar-refractivity contribution < 1.29 is 0 Å². The molecule has 1 aromatic heterocycles. The number of rotatable bonds is 1. The summed E-state index contributed by atoms with van der Waals surface area (Å²) in [6, 6.07) is 20.6. The lowest BCUT2D eigenvalue weighted by molar-refractivity contribution is 0.969. The van der Waals surface area contributed by atoms with Gasteiger partial charge in [-0.2, -0.15) is 0 Å². The van der Waals surface area contributed by atoms with Crippen LogP contribution >= 0.6 is 11.3 Å². The fourth-order valence-corrected chi connectivity index (χ4v) is 4.67. The highest BCUT2D eigenvalue weighted by atomic mass is 32.1. The highest BCUT2D eigenvalue weighted by Gasteiger charge is 2.16. The van der Waals surface area contributed by atoms with Crippen LogP contribution in [0.4, 0.5) is 0 Å². The molecule has 3 aromatic carbocycles. The summed E-state index contributed by atoms with van der Waals surface area (Å²) < 4.78 is 0. The second-order valence-electron chi connectivity index (χ2n) is 6.22. The van der Waals surface area contributed by atoms with Crippen LogP contribution in [0.3, 0.4) is 0 Å². The summed E-state index contributed by atoms with van der Waals surface area (Å²) in [5, 5.41) is 5.73. The van der Waals surface area contributed by atoms with Crippen LogP contribution < -0.4 is 0 Å². The van der Waals surface area contributed by atoms with E-state index in [0.717, 1.165) is 12.8 Å². The van der Waals surface area contributed by atoms with Crippen molar-refractivity contribution in [3.05, 3.63) is 70.6 Å². The van der Waals surface area contributed by atoms with Gasteiger partial charge in [-0.25, -0.2) is 0 Å². The minimum atomic E-state index is 1.16. The van der Waals surface area contributed by atoms with Gasteiger partial charge in [0.2, 0.25) is 0 Å². The molecule has 1 aliphatic carbocycles. The Morgan fingerprint density at radius 1 is 0.773 bits per heavy atom. The highest BCUT2D eigenvalue weighted by Crippen LogP contribution is 2.39. The average molecular weight is 300 g/mol.